The van der Waals surface area contributed by atoms with Crippen molar-refractivity contribution in [2.45, 2.75) is 26.2 Å². The molecule has 0 aliphatic heterocycles. The Morgan fingerprint density at radius 3 is 2.67 bits per heavy atom. The van der Waals surface area contributed by atoms with Gasteiger partial charge in [0.1, 0.15) is 0 Å². The third-order valence-corrected chi connectivity index (χ3v) is 4.86. The number of amides is 1. The lowest BCUT2D eigenvalue weighted by Gasteiger charge is -2.17. The van der Waals surface area contributed by atoms with Gasteiger partial charge in [0.15, 0.2) is 0 Å². The SMILES string of the molecule is CCOC(=O)NS(=O)(=O)NCC1CCCC1CBr. The lowest BCUT2D eigenvalue weighted by atomic mass is 9.99. The quantitative estimate of drug-likeness (QED) is 0.714. The van der Waals surface area contributed by atoms with Crippen molar-refractivity contribution in [1.29, 1.82) is 0 Å². The van der Waals surface area contributed by atoms with E-state index in [9.17, 15) is 13.2 Å². The summed E-state index contributed by atoms with van der Waals surface area (Å²) in [6, 6.07) is 0. The summed E-state index contributed by atoms with van der Waals surface area (Å²) in [6.45, 7) is 2.10. The first-order valence-corrected chi connectivity index (χ1v) is 8.59. The number of hydrogen-bond acceptors (Lipinski definition) is 4. The van der Waals surface area contributed by atoms with Crippen LogP contribution < -0.4 is 9.44 Å². The summed E-state index contributed by atoms with van der Waals surface area (Å²) in [5, 5.41) is 0.880. The highest BCUT2D eigenvalue weighted by molar-refractivity contribution is 9.09. The molecule has 1 aliphatic rings. The van der Waals surface area contributed by atoms with E-state index < -0.39 is 16.3 Å². The summed E-state index contributed by atoms with van der Waals surface area (Å²) < 4.78 is 31.8. The van der Waals surface area contributed by atoms with Gasteiger partial charge >= 0.3 is 16.3 Å². The van der Waals surface area contributed by atoms with Crippen LogP contribution in [0.25, 0.3) is 0 Å². The Morgan fingerprint density at radius 1 is 1.39 bits per heavy atom. The van der Waals surface area contributed by atoms with Crippen molar-refractivity contribution in [2.24, 2.45) is 11.8 Å². The van der Waals surface area contributed by atoms with Crippen LogP contribution in [0.4, 0.5) is 4.79 Å². The van der Waals surface area contributed by atoms with Crippen LogP contribution in [0.3, 0.4) is 0 Å². The number of carbonyl (C=O) groups is 1. The van der Waals surface area contributed by atoms with Gasteiger partial charge in [0.25, 0.3) is 0 Å². The van der Waals surface area contributed by atoms with Crippen LogP contribution in [0.15, 0.2) is 0 Å². The van der Waals surface area contributed by atoms with Crippen LogP contribution >= 0.6 is 15.9 Å². The Hall–Kier alpha value is -0.340. The first kappa shape index (κ1) is 15.7. The Labute approximate surface area is 116 Å². The summed E-state index contributed by atoms with van der Waals surface area (Å²) in [6.07, 6.45) is 2.29. The smallest absolute Gasteiger partial charge is 0.421 e. The molecule has 1 rings (SSSR count). The van der Waals surface area contributed by atoms with Crippen LogP contribution in [0.5, 0.6) is 0 Å². The molecule has 0 aromatic heterocycles. The minimum absolute atomic E-state index is 0.135. The van der Waals surface area contributed by atoms with Gasteiger partial charge in [0, 0.05) is 11.9 Å². The fraction of sp³-hybridized carbons (Fsp3) is 0.900. The topological polar surface area (TPSA) is 84.5 Å². The number of carbonyl (C=O) groups excluding carboxylic acids is 1. The van der Waals surface area contributed by atoms with Gasteiger partial charge in [0.2, 0.25) is 0 Å². The predicted octanol–water partition coefficient (Wildman–Crippen LogP) is 1.38. The van der Waals surface area contributed by atoms with E-state index in [-0.39, 0.29) is 6.61 Å². The van der Waals surface area contributed by atoms with Crippen molar-refractivity contribution in [3.05, 3.63) is 0 Å². The van der Waals surface area contributed by atoms with Gasteiger partial charge in [-0.2, -0.15) is 13.1 Å². The summed E-state index contributed by atoms with van der Waals surface area (Å²) in [5.41, 5.74) is 0. The van der Waals surface area contributed by atoms with Gasteiger partial charge in [-0.05, 0) is 31.6 Å². The van der Waals surface area contributed by atoms with Gasteiger partial charge in [-0.1, -0.05) is 22.4 Å². The number of rotatable bonds is 6. The molecular formula is C10H19BrN2O4S. The van der Waals surface area contributed by atoms with Gasteiger partial charge in [-0.25, -0.2) is 9.52 Å². The third-order valence-electron chi connectivity index (χ3n) is 3.04. The lowest BCUT2D eigenvalue weighted by Crippen LogP contribution is -2.42. The van der Waals surface area contributed by atoms with Crippen molar-refractivity contribution < 1.29 is 17.9 Å². The standard InChI is InChI=1S/C10H19BrN2O4S/c1-2-17-10(14)13-18(15,16)12-7-9-5-3-4-8(9)6-11/h8-9,12H,2-7H2,1H3,(H,13,14). The van der Waals surface area contributed by atoms with E-state index in [1.54, 1.807) is 11.6 Å². The highest BCUT2D eigenvalue weighted by atomic mass is 79.9. The molecule has 6 nitrogen and oxygen atoms in total. The first-order chi connectivity index (χ1) is 8.48. The minimum Gasteiger partial charge on any atom is -0.449 e. The molecule has 0 saturated heterocycles. The predicted molar refractivity (Wildman–Crippen MR) is 71.7 cm³/mol. The van der Waals surface area contributed by atoms with Gasteiger partial charge in [-0.3, -0.25) is 0 Å². The zero-order chi connectivity index (χ0) is 13.6. The highest BCUT2D eigenvalue weighted by Crippen LogP contribution is 2.32. The molecule has 1 aliphatic carbocycles. The lowest BCUT2D eigenvalue weighted by molar-refractivity contribution is 0.158. The van der Waals surface area contributed by atoms with Crippen molar-refractivity contribution in [3.8, 4) is 0 Å². The van der Waals surface area contributed by atoms with E-state index >= 15 is 0 Å². The van der Waals surface area contributed by atoms with Crippen molar-refractivity contribution in [2.75, 3.05) is 18.5 Å². The van der Waals surface area contributed by atoms with E-state index in [4.69, 9.17) is 0 Å². The first-order valence-electron chi connectivity index (χ1n) is 5.98. The van der Waals surface area contributed by atoms with E-state index in [1.807, 2.05) is 0 Å². The largest absolute Gasteiger partial charge is 0.449 e. The average Bonchev–Trinajstić information content (AvgIpc) is 2.73. The molecule has 2 N–H and O–H groups in total. The number of alkyl halides is 1. The van der Waals surface area contributed by atoms with Gasteiger partial charge in [0.05, 0.1) is 6.61 Å². The Kier molecular flexibility index (Phi) is 6.37. The fourth-order valence-corrected chi connectivity index (χ4v) is 3.75. The molecule has 18 heavy (non-hydrogen) atoms. The van der Waals surface area contributed by atoms with E-state index in [0.717, 1.165) is 24.6 Å². The van der Waals surface area contributed by atoms with Crippen molar-refractivity contribution >= 4 is 32.2 Å². The molecule has 0 heterocycles. The molecule has 0 aromatic rings. The zero-order valence-corrected chi connectivity index (χ0v) is 12.7. The molecule has 1 amide bonds. The molecule has 8 heteroatoms. The molecule has 2 atom stereocenters. The molecule has 0 radical (unpaired) electrons. The average molecular weight is 343 g/mol. The minimum atomic E-state index is -3.81. The van der Waals surface area contributed by atoms with E-state index in [0.29, 0.717) is 18.4 Å². The van der Waals surface area contributed by atoms with E-state index in [1.165, 1.54) is 0 Å². The number of nitrogens with one attached hydrogen (secondary N) is 2. The fourth-order valence-electron chi connectivity index (χ4n) is 2.11. The van der Waals surface area contributed by atoms with Crippen LogP contribution in [-0.2, 0) is 14.9 Å². The van der Waals surface area contributed by atoms with Crippen LogP contribution in [0.2, 0.25) is 0 Å². The number of ether oxygens (including phenoxy) is 1. The van der Waals surface area contributed by atoms with Gasteiger partial charge in [-0.15, -0.1) is 0 Å². The summed E-state index contributed by atoms with van der Waals surface area (Å²) in [4.78, 5) is 11.0. The second-order valence-electron chi connectivity index (χ2n) is 4.28. The molecule has 1 fully saturated rings. The molecule has 1 saturated carbocycles. The zero-order valence-electron chi connectivity index (χ0n) is 10.3. The van der Waals surface area contributed by atoms with Crippen molar-refractivity contribution in [3.63, 3.8) is 0 Å². The maximum absolute atomic E-state index is 11.5. The third kappa shape index (κ3) is 5.11. The highest BCUT2D eigenvalue weighted by Gasteiger charge is 2.27. The van der Waals surface area contributed by atoms with Gasteiger partial charge < -0.3 is 4.74 Å². The Balaban J connectivity index is 2.39. The van der Waals surface area contributed by atoms with E-state index in [2.05, 4.69) is 25.4 Å². The molecule has 2 unspecified atom stereocenters. The molecular weight excluding hydrogens is 324 g/mol. The molecule has 0 bridgehead atoms. The maximum atomic E-state index is 11.5. The molecule has 106 valence electrons. The van der Waals surface area contributed by atoms with Crippen LogP contribution in [0, 0.1) is 11.8 Å². The number of hydrogen-bond donors (Lipinski definition) is 2. The molecule has 0 spiro atoms. The summed E-state index contributed by atoms with van der Waals surface area (Å²) in [7, 11) is -3.81. The van der Waals surface area contributed by atoms with Crippen LogP contribution in [-0.4, -0.2) is 33.0 Å². The number of halogens is 1. The normalized spacial score (nSPS) is 23.9. The van der Waals surface area contributed by atoms with Crippen molar-refractivity contribution in [1.82, 2.24) is 9.44 Å². The monoisotopic (exact) mass is 342 g/mol. The van der Waals surface area contributed by atoms with Crippen LogP contribution in [0.1, 0.15) is 26.2 Å². The Morgan fingerprint density at radius 2 is 2.06 bits per heavy atom. The maximum Gasteiger partial charge on any atom is 0.421 e. The molecule has 0 aromatic carbocycles. The second kappa shape index (κ2) is 7.30. The summed E-state index contributed by atoms with van der Waals surface area (Å²) >= 11 is 3.43. The second-order valence-corrected chi connectivity index (χ2v) is 6.43. The Bertz CT molecular complexity index is 374. The summed E-state index contributed by atoms with van der Waals surface area (Å²) in [5.74, 6) is 0.818.